The molecule has 7 nitrogen and oxygen atoms in total. The minimum Gasteiger partial charge on any atom is -0.370 e. The van der Waals surface area contributed by atoms with Crippen molar-refractivity contribution in [3.63, 3.8) is 0 Å². The summed E-state index contributed by atoms with van der Waals surface area (Å²) in [5.41, 5.74) is 0.963. The van der Waals surface area contributed by atoms with E-state index < -0.39 is 16.1 Å². The fraction of sp³-hybridized carbons (Fsp3) is 0.458. The normalized spacial score (nSPS) is 19.5. The third-order valence-electron chi connectivity index (χ3n) is 6.50. The molecule has 196 valence electrons. The third-order valence-corrected chi connectivity index (χ3v) is 10.1. The van der Waals surface area contributed by atoms with Crippen LogP contribution in [-0.4, -0.2) is 75.5 Å². The summed E-state index contributed by atoms with van der Waals surface area (Å²) in [5.74, 6) is -0.122. The van der Waals surface area contributed by atoms with E-state index >= 15 is 0 Å². The van der Waals surface area contributed by atoms with Gasteiger partial charge in [-0.2, -0.15) is 4.31 Å². The molecule has 1 unspecified atom stereocenters. The fourth-order valence-corrected chi connectivity index (χ4v) is 7.64. The van der Waals surface area contributed by atoms with E-state index in [2.05, 4.69) is 4.90 Å². The molecule has 0 radical (unpaired) electrons. The zero-order valence-corrected chi connectivity index (χ0v) is 23.3. The number of benzene rings is 2. The molecule has 12 heteroatoms. The molecule has 1 atom stereocenters. The van der Waals surface area contributed by atoms with Crippen LogP contribution in [0.15, 0.2) is 41.3 Å². The molecule has 4 rings (SSSR count). The Hall–Kier alpha value is -1.26. The van der Waals surface area contributed by atoms with Crippen molar-refractivity contribution in [1.29, 1.82) is 0 Å². The lowest BCUT2D eigenvalue weighted by Gasteiger charge is -2.37. The smallest absolute Gasteiger partial charge is 0.248 e. The van der Waals surface area contributed by atoms with Gasteiger partial charge in [-0.3, -0.25) is 4.79 Å². The molecule has 2 aromatic carbocycles. The zero-order valence-electron chi connectivity index (χ0n) is 19.5. The summed E-state index contributed by atoms with van der Waals surface area (Å²) in [6.07, 6.45) is 2.25. The molecular weight excluding hydrogens is 568 g/mol. The van der Waals surface area contributed by atoms with Gasteiger partial charge >= 0.3 is 0 Å². The average molecular weight is 595 g/mol. The van der Waals surface area contributed by atoms with Crippen LogP contribution < -0.4 is 4.90 Å². The summed E-state index contributed by atoms with van der Waals surface area (Å²) >= 11 is 24.5. The number of hydrogen-bond donors (Lipinski definition) is 0. The lowest BCUT2D eigenvalue weighted by atomic mass is 10.1. The molecule has 1 amide bonds. The van der Waals surface area contributed by atoms with Gasteiger partial charge in [-0.25, -0.2) is 8.42 Å². The van der Waals surface area contributed by atoms with Crippen LogP contribution in [0.5, 0.6) is 0 Å². The van der Waals surface area contributed by atoms with E-state index in [1.54, 1.807) is 17.0 Å². The van der Waals surface area contributed by atoms with E-state index in [4.69, 9.17) is 51.1 Å². The summed E-state index contributed by atoms with van der Waals surface area (Å²) in [7, 11) is -3.91. The minimum atomic E-state index is -3.91. The maximum Gasteiger partial charge on any atom is 0.248 e. The van der Waals surface area contributed by atoms with Crippen molar-refractivity contribution in [3.05, 3.63) is 56.5 Å². The number of anilines is 1. The molecule has 0 bridgehead atoms. The number of ether oxygens (including phenoxy) is 1. The summed E-state index contributed by atoms with van der Waals surface area (Å²) in [6, 6.07) is 9.73. The second kappa shape index (κ2) is 12.1. The first-order chi connectivity index (χ1) is 17.2. The van der Waals surface area contributed by atoms with Crippen molar-refractivity contribution in [2.45, 2.75) is 30.2 Å². The third kappa shape index (κ3) is 6.23. The van der Waals surface area contributed by atoms with Crippen LogP contribution in [0.4, 0.5) is 5.69 Å². The lowest BCUT2D eigenvalue weighted by Crippen LogP contribution is -2.50. The number of piperidine rings is 1. The highest BCUT2D eigenvalue weighted by Crippen LogP contribution is 2.34. The summed E-state index contributed by atoms with van der Waals surface area (Å²) in [5, 5.41) is 1.17. The van der Waals surface area contributed by atoms with Gasteiger partial charge in [0.15, 0.2) is 0 Å². The Morgan fingerprint density at radius 2 is 1.58 bits per heavy atom. The number of sulfonamides is 1. The average Bonchev–Trinajstić information content (AvgIpc) is 2.86. The van der Waals surface area contributed by atoms with Gasteiger partial charge in [0.2, 0.25) is 15.9 Å². The quantitative estimate of drug-likeness (QED) is 0.440. The topological polar surface area (TPSA) is 70.2 Å². The van der Waals surface area contributed by atoms with Crippen molar-refractivity contribution in [2.75, 3.05) is 50.8 Å². The first-order valence-electron chi connectivity index (χ1n) is 11.7. The van der Waals surface area contributed by atoms with Crippen molar-refractivity contribution < 1.29 is 17.9 Å². The predicted molar refractivity (Wildman–Crippen MR) is 144 cm³/mol. The molecule has 2 aliphatic rings. The molecular formula is C24H27Cl4N3O4S. The monoisotopic (exact) mass is 593 g/mol. The maximum absolute atomic E-state index is 13.4. The van der Waals surface area contributed by atoms with Gasteiger partial charge < -0.3 is 14.5 Å². The maximum atomic E-state index is 13.4. The Morgan fingerprint density at radius 1 is 0.889 bits per heavy atom. The Balaban J connectivity index is 1.31. The van der Waals surface area contributed by atoms with Crippen LogP contribution in [0.3, 0.4) is 0 Å². The highest BCUT2D eigenvalue weighted by atomic mass is 35.5. The highest BCUT2D eigenvalue weighted by molar-refractivity contribution is 7.89. The van der Waals surface area contributed by atoms with Gasteiger partial charge in [0, 0.05) is 44.5 Å². The van der Waals surface area contributed by atoms with Gasteiger partial charge in [-0.1, -0.05) is 58.9 Å². The molecule has 0 spiro atoms. The zero-order chi connectivity index (χ0) is 25.9. The van der Waals surface area contributed by atoms with Crippen LogP contribution in [-0.2, 0) is 19.6 Å². The van der Waals surface area contributed by atoms with Crippen LogP contribution in [0, 0.1) is 0 Å². The van der Waals surface area contributed by atoms with E-state index in [9.17, 15) is 13.2 Å². The van der Waals surface area contributed by atoms with Crippen molar-refractivity contribution in [2.24, 2.45) is 0 Å². The number of rotatable bonds is 7. The van der Waals surface area contributed by atoms with Gasteiger partial charge in [0.05, 0.1) is 26.7 Å². The molecule has 36 heavy (non-hydrogen) atoms. The van der Waals surface area contributed by atoms with E-state index in [1.807, 2.05) is 12.1 Å². The lowest BCUT2D eigenvalue weighted by molar-refractivity contribution is -0.137. The van der Waals surface area contributed by atoms with E-state index in [0.717, 1.165) is 18.5 Å². The molecule has 0 aromatic heterocycles. The van der Waals surface area contributed by atoms with Gasteiger partial charge in [0.1, 0.15) is 11.5 Å². The number of hydrogen-bond acceptors (Lipinski definition) is 5. The Bertz CT molecular complexity index is 1190. The Morgan fingerprint density at radius 3 is 2.25 bits per heavy atom. The number of piperazine rings is 1. The van der Waals surface area contributed by atoms with Crippen molar-refractivity contribution in [3.8, 4) is 0 Å². The predicted octanol–water partition coefficient (Wildman–Crippen LogP) is 5.21. The summed E-state index contributed by atoms with van der Waals surface area (Å²) in [4.78, 5) is 16.6. The molecule has 2 saturated heterocycles. The molecule has 0 aliphatic carbocycles. The van der Waals surface area contributed by atoms with Gasteiger partial charge in [0.25, 0.3) is 0 Å². The minimum absolute atomic E-state index is 0.0860. The van der Waals surface area contributed by atoms with Crippen molar-refractivity contribution >= 4 is 68.0 Å². The van der Waals surface area contributed by atoms with E-state index in [-0.39, 0.29) is 34.1 Å². The molecule has 2 heterocycles. The number of carbonyl (C=O) groups is 1. The van der Waals surface area contributed by atoms with Gasteiger partial charge in [-0.15, -0.1) is 0 Å². The van der Waals surface area contributed by atoms with Crippen LogP contribution >= 0.6 is 46.4 Å². The highest BCUT2D eigenvalue weighted by Gasteiger charge is 2.36. The Labute approximate surface area is 231 Å². The fourth-order valence-electron chi connectivity index (χ4n) is 4.57. The molecule has 2 fully saturated rings. The first kappa shape index (κ1) is 27.8. The molecule has 0 saturated carbocycles. The molecule has 2 aromatic rings. The first-order valence-corrected chi connectivity index (χ1v) is 14.6. The van der Waals surface area contributed by atoms with Crippen LogP contribution in [0.25, 0.3) is 0 Å². The SMILES string of the molecule is O=C(COCC1CCCCN1S(=O)(=O)c1c(Cl)cccc1Cl)N1CCN(c2ccc(Cl)c(Cl)c2)CC1. The molecule has 2 aliphatic heterocycles. The number of nitrogens with zero attached hydrogens (tertiary/aromatic N) is 3. The summed E-state index contributed by atoms with van der Waals surface area (Å²) < 4.78 is 33.9. The van der Waals surface area contributed by atoms with Crippen LogP contribution in [0.1, 0.15) is 19.3 Å². The molecule has 0 N–H and O–H groups in total. The van der Waals surface area contributed by atoms with E-state index in [1.165, 1.54) is 16.4 Å². The second-order valence-corrected chi connectivity index (χ2v) is 12.3. The van der Waals surface area contributed by atoms with Gasteiger partial charge in [-0.05, 0) is 43.2 Å². The summed E-state index contributed by atoms with van der Waals surface area (Å²) in [6.45, 7) is 2.80. The number of carbonyl (C=O) groups excluding carboxylic acids is 1. The second-order valence-electron chi connectivity index (χ2n) is 8.80. The number of halogens is 4. The van der Waals surface area contributed by atoms with E-state index in [0.29, 0.717) is 49.2 Å². The number of amides is 1. The van der Waals surface area contributed by atoms with Crippen LogP contribution in [0.2, 0.25) is 20.1 Å². The standard InChI is InChI=1S/C24H27Cl4N3O4S/c25-19-8-7-17(14-22(19)28)29-10-12-30(13-11-29)23(32)16-35-15-18-4-1-2-9-31(18)36(33,34)24-20(26)5-3-6-21(24)27/h3,5-8,14,18H,1-2,4,9-13,15-16H2. The van der Waals surface area contributed by atoms with Crippen molar-refractivity contribution in [1.82, 2.24) is 9.21 Å². The largest absolute Gasteiger partial charge is 0.370 e. The Kier molecular flexibility index (Phi) is 9.31.